The fourth-order valence-electron chi connectivity index (χ4n) is 2.32. The predicted octanol–water partition coefficient (Wildman–Crippen LogP) is 4.01. The highest BCUT2D eigenvalue weighted by Crippen LogP contribution is 2.31. The van der Waals surface area contributed by atoms with E-state index in [9.17, 15) is 9.90 Å². The minimum Gasteiger partial charge on any atom is -0.507 e. The molecule has 1 unspecified atom stereocenters. The number of nitrogens with one attached hydrogen (secondary N) is 1. The predicted molar refractivity (Wildman–Crippen MR) is 106 cm³/mol. The Hall–Kier alpha value is -2.12. The summed E-state index contributed by atoms with van der Waals surface area (Å²) in [5.74, 6) is -0.115. The number of aromatic hydroxyl groups is 1. The molecule has 0 fully saturated rings. The van der Waals surface area contributed by atoms with Crippen LogP contribution in [0, 0.1) is 0 Å². The molecule has 1 aliphatic heterocycles. The van der Waals surface area contributed by atoms with Crippen molar-refractivity contribution in [2.45, 2.75) is 18.6 Å². The molecule has 128 valence electrons. The first-order valence-corrected chi connectivity index (χ1v) is 9.34. The van der Waals surface area contributed by atoms with E-state index in [1.165, 1.54) is 23.5 Å². The number of para-hydroxylation sites is 1. The third-order valence-electron chi connectivity index (χ3n) is 3.63. The zero-order chi connectivity index (χ0) is 17.8. The number of aliphatic imine (C=N–C) groups is 1. The summed E-state index contributed by atoms with van der Waals surface area (Å²) in [6.07, 6.45) is 2.17. The molecular weight excluding hydrogens is 402 g/mol. The molecule has 7 heteroatoms. The number of hydrogen-bond acceptors (Lipinski definition) is 5. The molecule has 1 amide bonds. The third kappa shape index (κ3) is 4.49. The van der Waals surface area contributed by atoms with Crippen molar-refractivity contribution in [1.29, 1.82) is 0 Å². The molecule has 2 N–H and O–H groups in total. The molecule has 2 aromatic rings. The van der Waals surface area contributed by atoms with E-state index in [2.05, 4.69) is 31.4 Å². The first-order chi connectivity index (χ1) is 12.0. The summed E-state index contributed by atoms with van der Waals surface area (Å²) in [6.45, 7) is 1.82. The number of hydrogen-bond donors (Lipinski definition) is 2. The number of thioether (sulfide) groups is 1. The van der Waals surface area contributed by atoms with E-state index in [-0.39, 0.29) is 16.9 Å². The summed E-state index contributed by atoms with van der Waals surface area (Å²) in [5, 5.41) is 14.3. The maximum absolute atomic E-state index is 12.2. The van der Waals surface area contributed by atoms with Gasteiger partial charge < -0.3 is 5.11 Å². The lowest BCUT2D eigenvalue weighted by atomic mass is 10.2. The van der Waals surface area contributed by atoms with Gasteiger partial charge >= 0.3 is 0 Å². The van der Waals surface area contributed by atoms with E-state index in [0.29, 0.717) is 5.56 Å². The van der Waals surface area contributed by atoms with Gasteiger partial charge in [-0.2, -0.15) is 5.10 Å². The first kappa shape index (κ1) is 17.7. The van der Waals surface area contributed by atoms with Crippen LogP contribution in [-0.2, 0) is 11.2 Å². The third-order valence-corrected chi connectivity index (χ3v) is 5.20. The minimum atomic E-state index is -0.318. The largest absolute Gasteiger partial charge is 0.507 e. The molecule has 1 atom stereocenters. The van der Waals surface area contributed by atoms with Crippen LogP contribution in [0.3, 0.4) is 0 Å². The van der Waals surface area contributed by atoms with E-state index < -0.39 is 0 Å². The van der Waals surface area contributed by atoms with Crippen molar-refractivity contribution in [2.24, 2.45) is 10.1 Å². The summed E-state index contributed by atoms with van der Waals surface area (Å²) in [6, 6.07) is 13.0. The fourth-order valence-corrected chi connectivity index (χ4v) is 3.65. The minimum absolute atomic E-state index is 0.0988. The highest BCUT2D eigenvalue weighted by atomic mass is 79.9. The van der Waals surface area contributed by atoms with Gasteiger partial charge in [-0.25, -0.2) is 10.4 Å². The van der Waals surface area contributed by atoms with Crippen molar-refractivity contribution in [2.75, 3.05) is 0 Å². The lowest BCUT2D eigenvalue weighted by Gasteiger charge is -2.08. The summed E-state index contributed by atoms with van der Waals surface area (Å²) in [5.41, 5.74) is 5.17. The Morgan fingerprint density at radius 1 is 1.40 bits per heavy atom. The van der Waals surface area contributed by atoms with Gasteiger partial charge in [0.25, 0.3) is 5.91 Å². The lowest BCUT2D eigenvalue weighted by Crippen LogP contribution is -2.27. The topological polar surface area (TPSA) is 74.0 Å². The van der Waals surface area contributed by atoms with Gasteiger partial charge in [0.1, 0.15) is 5.75 Å². The molecule has 0 aliphatic carbocycles. The zero-order valence-corrected chi connectivity index (χ0v) is 15.8. The smallest absolute Gasteiger partial charge is 0.253 e. The number of amides is 1. The van der Waals surface area contributed by atoms with Gasteiger partial charge in [0, 0.05) is 16.5 Å². The number of carbonyl (C=O) groups is 1. The quantitative estimate of drug-likeness (QED) is 0.582. The monoisotopic (exact) mass is 417 g/mol. The number of phenols is 1. The maximum atomic E-state index is 12.2. The Balaban J connectivity index is 1.55. The molecule has 0 saturated carbocycles. The van der Waals surface area contributed by atoms with Gasteiger partial charge in [-0.1, -0.05) is 45.9 Å². The molecule has 25 heavy (non-hydrogen) atoms. The summed E-state index contributed by atoms with van der Waals surface area (Å²) >= 11 is 4.76. The van der Waals surface area contributed by atoms with Crippen LogP contribution in [0.15, 0.2) is 57.0 Å². The fraction of sp³-hybridized carbons (Fsp3) is 0.167. The van der Waals surface area contributed by atoms with E-state index in [1.807, 2.05) is 31.2 Å². The number of hydrazone groups is 1. The zero-order valence-electron chi connectivity index (χ0n) is 13.4. The average molecular weight is 418 g/mol. The second-order valence-electron chi connectivity index (χ2n) is 5.51. The number of carbonyl (C=O) groups excluding carboxylic acids is 1. The van der Waals surface area contributed by atoms with Crippen molar-refractivity contribution in [3.8, 4) is 5.75 Å². The molecule has 0 bridgehead atoms. The molecule has 0 spiro atoms. The number of halogens is 1. The van der Waals surface area contributed by atoms with E-state index >= 15 is 0 Å². The average Bonchev–Trinajstić information content (AvgIpc) is 3.00. The maximum Gasteiger partial charge on any atom is 0.253 e. The molecule has 2 aromatic carbocycles. The molecular formula is C18H16BrN3O2S. The molecule has 5 nitrogen and oxygen atoms in total. The van der Waals surface area contributed by atoms with Gasteiger partial charge in [0.2, 0.25) is 0 Å². The van der Waals surface area contributed by atoms with Crippen molar-refractivity contribution in [1.82, 2.24) is 5.43 Å². The first-order valence-electron chi connectivity index (χ1n) is 7.66. The molecule has 3 rings (SSSR count). The van der Waals surface area contributed by atoms with E-state index in [4.69, 9.17) is 0 Å². The number of nitrogens with zero attached hydrogens (tertiary/aromatic N) is 2. The second kappa shape index (κ2) is 7.84. The van der Waals surface area contributed by atoms with Gasteiger partial charge in [-0.15, -0.1) is 0 Å². The number of rotatable bonds is 4. The van der Waals surface area contributed by atoms with Crippen LogP contribution < -0.4 is 5.43 Å². The normalized spacial score (nSPS) is 14.2. The number of fused-ring (bicyclic) bond motifs is 1. The number of benzene rings is 2. The van der Waals surface area contributed by atoms with Gasteiger partial charge in [-0.3, -0.25) is 4.79 Å². The highest BCUT2D eigenvalue weighted by molar-refractivity contribution is 9.10. The Morgan fingerprint density at radius 3 is 3.00 bits per heavy atom. The van der Waals surface area contributed by atoms with Crippen LogP contribution in [0.4, 0.5) is 5.69 Å². The molecule has 1 heterocycles. The SMILES string of the molecule is CC(SC1=Nc2ccccc2C1)C(=O)N/N=C/c1cc(Br)ccc1O. The lowest BCUT2D eigenvalue weighted by molar-refractivity contribution is -0.120. The number of phenolic OH excluding ortho intramolecular Hbond substituents is 1. The van der Waals surface area contributed by atoms with Gasteiger partial charge in [-0.05, 0) is 36.8 Å². The van der Waals surface area contributed by atoms with Crippen LogP contribution in [0.2, 0.25) is 0 Å². The Bertz CT molecular complexity index is 867. The van der Waals surface area contributed by atoms with Crippen LogP contribution in [0.5, 0.6) is 5.75 Å². The van der Waals surface area contributed by atoms with Crippen LogP contribution in [0.25, 0.3) is 0 Å². The van der Waals surface area contributed by atoms with Crippen LogP contribution in [0.1, 0.15) is 18.1 Å². The van der Waals surface area contributed by atoms with Crippen molar-refractivity contribution in [3.05, 3.63) is 58.1 Å². The second-order valence-corrected chi connectivity index (χ2v) is 7.84. The Morgan fingerprint density at radius 2 is 2.20 bits per heavy atom. The highest BCUT2D eigenvalue weighted by Gasteiger charge is 2.20. The van der Waals surface area contributed by atoms with Gasteiger partial charge in [0.15, 0.2) is 0 Å². The summed E-state index contributed by atoms with van der Waals surface area (Å²) < 4.78 is 0.820. The summed E-state index contributed by atoms with van der Waals surface area (Å²) in [4.78, 5) is 16.7. The molecule has 0 saturated heterocycles. The van der Waals surface area contributed by atoms with Crippen LogP contribution >= 0.6 is 27.7 Å². The molecule has 0 radical (unpaired) electrons. The van der Waals surface area contributed by atoms with E-state index in [0.717, 1.165) is 21.6 Å². The molecule has 0 aromatic heterocycles. The van der Waals surface area contributed by atoms with Crippen molar-refractivity contribution >= 4 is 50.5 Å². The van der Waals surface area contributed by atoms with E-state index in [1.54, 1.807) is 18.2 Å². The summed E-state index contributed by atoms with van der Waals surface area (Å²) in [7, 11) is 0. The standard InChI is InChI=1S/C18H16BrN3O2S/c1-11(25-17-9-12-4-2-3-5-15(12)21-17)18(24)22-20-10-13-8-14(19)6-7-16(13)23/h2-8,10-11,23H,9H2,1H3,(H,22,24)/b20-10+. The van der Waals surface area contributed by atoms with Crippen molar-refractivity contribution < 1.29 is 9.90 Å². The van der Waals surface area contributed by atoms with Crippen molar-refractivity contribution in [3.63, 3.8) is 0 Å². The molecule has 1 aliphatic rings. The Kier molecular flexibility index (Phi) is 5.55. The Labute approximate surface area is 158 Å². The van der Waals surface area contributed by atoms with Gasteiger partial charge in [0.05, 0.1) is 22.2 Å². The van der Waals surface area contributed by atoms with Crippen LogP contribution in [-0.4, -0.2) is 27.5 Å².